The Morgan fingerprint density at radius 2 is 2.00 bits per heavy atom. The molecule has 0 radical (unpaired) electrons. The topological polar surface area (TPSA) is 55.4 Å². The van der Waals surface area contributed by atoms with Gasteiger partial charge in [-0.3, -0.25) is 9.59 Å². The number of ether oxygens (including phenoxy) is 1. The minimum absolute atomic E-state index is 0.277. The largest absolute Gasteiger partial charge is 0.453 e. The molecule has 0 spiro atoms. The Morgan fingerprint density at radius 3 is 2.67 bits per heavy atom. The van der Waals surface area contributed by atoms with Gasteiger partial charge in [-0.2, -0.15) is 11.3 Å². The van der Waals surface area contributed by atoms with Crippen LogP contribution in [0.1, 0.15) is 18.9 Å². The van der Waals surface area contributed by atoms with Crippen LogP contribution in [0.15, 0.2) is 47.2 Å². The minimum atomic E-state index is -0.805. The summed E-state index contributed by atoms with van der Waals surface area (Å²) in [5, 5.41) is 6.67. The zero-order valence-electron chi connectivity index (χ0n) is 11.7. The van der Waals surface area contributed by atoms with Gasteiger partial charge in [-0.15, -0.1) is 0 Å². The van der Waals surface area contributed by atoms with Crippen molar-refractivity contribution in [3.05, 3.63) is 52.7 Å². The molecule has 2 aromatic rings. The molecule has 1 aromatic carbocycles. The molecule has 1 N–H and O–H groups in total. The fourth-order valence-electron chi connectivity index (χ4n) is 1.76. The fourth-order valence-corrected chi connectivity index (χ4v) is 2.46. The van der Waals surface area contributed by atoms with Gasteiger partial charge < -0.3 is 10.1 Å². The van der Waals surface area contributed by atoms with E-state index in [2.05, 4.69) is 5.32 Å². The number of aryl methyl sites for hydroxylation is 1. The smallest absolute Gasteiger partial charge is 0.306 e. The lowest BCUT2D eigenvalue weighted by atomic mass is 10.2. The van der Waals surface area contributed by atoms with Crippen LogP contribution in [0.5, 0.6) is 0 Å². The summed E-state index contributed by atoms with van der Waals surface area (Å²) >= 11 is 1.60. The van der Waals surface area contributed by atoms with Gasteiger partial charge in [-0.25, -0.2) is 0 Å². The van der Waals surface area contributed by atoms with Crippen molar-refractivity contribution in [2.75, 3.05) is 5.32 Å². The Labute approximate surface area is 127 Å². The normalized spacial score (nSPS) is 11.7. The molecular weight excluding hydrogens is 286 g/mol. The Bertz CT molecular complexity index is 581. The maximum atomic E-state index is 11.9. The number of hydrogen-bond acceptors (Lipinski definition) is 4. The van der Waals surface area contributed by atoms with Crippen LogP contribution in [0.25, 0.3) is 0 Å². The Kier molecular flexibility index (Phi) is 5.51. The molecule has 5 heteroatoms. The van der Waals surface area contributed by atoms with Crippen molar-refractivity contribution in [3.63, 3.8) is 0 Å². The van der Waals surface area contributed by atoms with Crippen molar-refractivity contribution >= 4 is 28.9 Å². The third kappa shape index (κ3) is 5.04. The highest BCUT2D eigenvalue weighted by atomic mass is 32.1. The second kappa shape index (κ2) is 7.59. The van der Waals surface area contributed by atoms with E-state index in [9.17, 15) is 9.59 Å². The number of para-hydroxylation sites is 1. The van der Waals surface area contributed by atoms with Gasteiger partial charge in [0.1, 0.15) is 0 Å². The predicted molar refractivity (Wildman–Crippen MR) is 83.3 cm³/mol. The molecule has 2 rings (SSSR count). The van der Waals surface area contributed by atoms with E-state index in [0.29, 0.717) is 12.1 Å². The first-order valence-corrected chi connectivity index (χ1v) is 7.66. The SMILES string of the molecule is CC(OC(=O)CCc1ccsc1)C(=O)Nc1ccccc1. The van der Waals surface area contributed by atoms with Crippen LogP contribution >= 0.6 is 11.3 Å². The molecule has 0 aliphatic rings. The minimum Gasteiger partial charge on any atom is -0.453 e. The lowest BCUT2D eigenvalue weighted by molar-refractivity contribution is -0.153. The summed E-state index contributed by atoms with van der Waals surface area (Å²) in [5.74, 6) is -0.693. The number of thiophene rings is 1. The molecule has 0 saturated carbocycles. The van der Waals surface area contributed by atoms with Crippen molar-refractivity contribution < 1.29 is 14.3 Å². The van der Waals surface area contributed by atoms with Gasteiger partial charge in [0.05, 0.1) is 0 Å². The van der Waals surface area contributed by atoms with Crippen LogP contribution in [0.2, 0.25) is 0 Å². The number of rotatable bonds is 6. The molecule has 1 amide bonds. The van der Waals surface area contributed by atoms with E-state index in [0.717, 1.165) is 5.56 Å². The molecule has 1 unspecified atom stereocenters. The summed E-state index contributed by atoms with van der Waals surface area (Å²) in [6.45, 7) is 1.57. The highest BCUT2D eigenvalue weighted by Crippen LogP contribution is 2.10. The first-order valence-electron chi connectivity index (χ1n) is 6.71. The van der Waals surface area contributed by atoms with Crippen molar-refractivity contribution in [1.29, 1.82) is 0 Å². The fraction of sp³-hybridized carbons (Fsp3) is 0.250. The summed E-state index contributed by atoms with van der Waals surface area (Å²) in [4.78, 5) is 23.6. The molecule has 0 fully saturated rings. The van der Waals surface area contributed by atoms with Crippen LogP contribution in [0, 0.1) is 0 Å². The first-order chi connectivity index (χ1) is 10.1. The van der Waals surface area contributed by atoms with Crippen LogP contribution in [-0.4, -0.2) is 18.0 Å². The number of esters is 1. The van der Waals surface area contributed by atoms with Crippen molar-refractivity contribution in [2.45, 2.75) is 25.9 Å². The number of amides is 1. The molecule has 1 aromatic heterocycles. The van der Waals surface area contributed by atoms with E-state index in [1.54, 1.807) is 30.4 Å². The van der Waals surface area contributed by atoms with E-state index in [1.807, 2.05) is 35.0 Å². The third-order valence-electron chi connectivity index (χ3n) is 2.92. The van der Waals surface area contributed by atoms with Crippen LogP contribution in [0.4, 0.5) is 5.69 Å². The maximum absolute atomic E-state index is 11.9. The van der Waals surface area contributed by atoms with Crippen LogP contribution in [-0.2, 0) is 20.7 Å². The van der Waals surface area contributed by atoms with Crippen molar-refractivity contribution in [2.24, 2.45) is 0 Å². The molecule has 110 valence electrons. The second-order valence-electron chi connectivity index (χ2n) is 4.62. The highest BCUT2D eigenvalue weighted by molar-refractivity contribution is 7.07. The van der Waals surface area contributed by atoms with Gasteiger partial charge >= 0.3 is 5.97 Å². The molecule has 0 bridgehead atoms. The molecule has 0 aliphatic carbocycles. The summed E-state index contributed by atoms with van der Waals surface area (Å²) in [5.41, 5.74) is 1.79. The summed E-state index contributed by atoms with van der Waals surface area (Å²) in [6, 6.07) is 11.1. The number of anilines is 1. The molecule has 21 heavy (non-hydrogen) atoms. The lowest BCUT2D eigenvalue weighted by Crippen LogP contribution is -2.30. The monoisotopic (exact) mass is 303 g/mol. The number of carbonyl (C=O) groups excluding carboxylic acids is 2. The summed E-state index contributed by atoms with van der Waals surface area (Å²) in [6.07, 6.45) is 0.106. The second-order valence-corrected chi connectivity index (χ2v) is 5.40. The van der Waals surface area contributed by atoms with Crippen LogP contribution in [0.3, 0.4) is 0 Å². The standard InChI is InChI=1S/C16H17NO3S/c1-12(16(19)17-14-5-3-2-4-6-14)20-15(18)8-7-13-9-10-21-11-13/h2-6,9-12H,7-8H2,1H3,(H,17,19). The van der Waals surface area contributed by atoms with E-state index in [1.165, 1.54) is 0 Å². The zero-order chi connectivity index (χ0) is 15.1. The Hall–Kier alpha value is -2.14. The van der Waals surface area contributed by atoms with E-state index in [-0.39, 0.29) is 18.3 Å². The van der Waals surface area contributed by atoms with Gasteiger partial charge in [0.2, 0.25) is 0 Å². The number of carbonyl (C=O) groups is 2. The molecule has 0 saturated heterocycles. The van der Waals surface area contributed by atoms with Gasteiger partial charge in [0.15, 0.2) is 6.10 Å². The number of benzene rings is 1. The van der Waals surface area contributed by atoms with E-state index in [4.69, 9.17) is 4.74 Å². The van der Waals surface area contributed by atoms with Gasteiger partial charge in [-0.05, 0) is 47.9 Å². The predicted octanol–water partition coefficient (Wildman–Crippen LogP) is 3.25. The molecular formula is C16H17NO3S. The van der Waals surface area contributed by atoms with E-state index >= 15 is 0 Å². The lowest BCUT2D eigenvalue weighted by Gasteiger charge is -2.13. The highest BCUT2D eigenvalue weighted by Gasteiger charge is 2.17. The maximum Gasteiger partial charge on any atom is 0.306 e. The average molecular weight is 303 g/mol. The summed E-state index contributed by atoms with van der Waals surface area (Å²) in [7, 11) is 0. The average Bonchev–Trinajstić information content (AvgIpc) is 2.99. The number of hydrogen-bond donors (Lipinski definition) is 1. The van der Waals surface area contributed by atoms with Crippen molar-refractivity contribution in [1.82, 2.24) is 0 Å². The van der Waals surface area contributed by atoms with E-state index < -0.39 is 6.10 Å². The van der Waals surface area contributed by atoms with Crippen molar-refractivity contribution in [3.8, 4) is 0 Å². The van der Waals surface area contributed by atoms with Gasteiger partial charge in [0.25, 0.3) is 5.91 Å². The third-order valence-corrected chi connectivity index (χ3v) is 3.65. The molecule has 0 aliphatic heterocycles. The van der Waals surface area contributed by atoms with Crippen LogP contribution < -0.4 is 5.32 Å². The Balaban J connectivity index is 1.76. The zero-order valence-corrected chi connectivity index (χ0v) is 12.6. The first kappa shape index (κ1) is 15.3. The molecule has 4 nitrogen and oxygen atoms in total. The summed E-state index contributed by atoms with van der Waals surface area (Å²) < 4.78 is 5.14. The van der Waals surface area contributed by atoms with Gasteiger partial charge in [0, 0.05) is 12.1 Å². The number of nitrogens with one attached hydrogen (secondary N) is 1. The quantitative estimate of drug-likeness (QED) is 0.833. The Morgan fingerprint density at radius 1 is 1.24 bits per heavy atom. The molecule has 1 atom stereocenters. The molecule has 1 heterocycles. The van der Waals surface area contributed by atoms with Gasteiger partial charge in [-0.1, -0.05) is 18.2 Å².